The van der Waals surface area contributed by atoms with Gasteiger partial charge in [-0.3, -0.25) is 9.78 Å². The zero-order valence-electron chi connectivity index (χ0n) is 9.36. The van der Waals surface area contributed by atoms with E-state index in [2.05, 4.69) is 10.3 Å². The number of hydrogen-bond donors (Lipinski definition) is 1. The van der Waals surface area contributed by atoms with Crippen LogP contribution in [0.1, 0.15) is 5.56 Å². The van der Waals surface area contributed by atoms with E-state index < -0.39 is 5.82 Å². The van der Waals surface area contributed by atoms with Crippen LogP contribution in [-0.2, 0) is 11.2 Å². The quantitative estimate of drug-likeness (QED) is 0.926. The third kappa shape index (κ3) is 3.28. The molecule has 0 saturated heterocycles. The number of halogens is 2. The molecule has 0 unspecified atom stereocenters. The summed E-state index contributed by atoms with van der Waals surface area (Å²) in [6.45, 7) is 0. The highest BCUT2D eigenvalue weighted by atomic mass is 35.5. The number of benzene rings is 1. The molecule has 0 atom stereocenters. The summed E-state index contributed by atoms with van der Waals surface area (Å²) in [5, 5.41) is 2.62. The first kappa shape index (κ1) is 12.5. The molecule has 0 aliphatic rings. The molecule has 2 aromatic rings. The van der Waals surface area contributed by atoms with Crippen molar-refractivity contribution < 1.29 is 9.18 Å². The van der Waals surface area contributed by atoms with Gasteiger partial charge in [0.05, 0.1) is 11.4 Å². The number of anilines is 1. The maximum absolute atomic E-state index is 12.9. The average molecular weight is 265 g/mol. The molecule has 1 aromatic heterocycles. The summed E-state index contributed by atoms with van der Waals surface area (Å²) in [6.07, 6.45) is 3.47. The zero-order chi connectivity index (χ0) is 13.0. The molecule has 0 fully saturated rings. The van der Waals surface area contributed by atoms with Crippen LogP contribution in [0.2, 0.25) is 5.02 Å². The number of nitrogens with one attached hydrogen (secondary N) is 1. The smallest absolute Gasteiger partial charge is 0.228 e. The third-order valence-electron chi connectivity index (χ3n) is 2.29. The van der Waals surface area contributed by atoms with Gasteiger partial charge >= 0.3 is 0 Å². The fourth-order valence-electron chi connectivity index (χ4n) is 1.47. The predicted molar refractivity (Wildman–Crippen MR) is 68.0 cm³/mol. The second-order valence-electron chi connectivity index (χ2n) is 3.72. The SMILES string of the molecule is O=C(Cc1cccnc1)Nc1ccc(F)c(Cl)c1. The standard InChI is InChI=1S/C13H10ClFN2O/c14-11-7-10(3-4-12(11)15)17-13(18)6-9-2-1-5-16-8-9/h1-5,7-8H,6H2,(H,17,18). The van der Waals surface area contributed by atoms with Crippen LogP contribution in [0.5, 0.6) is 0 Å². The van der Waals surface area contributed by atoms with Crippen LogP contribution in [0.4, 0.5) is 10.1 Å². The van der Waals surface area contributed by atoms with Gasteiger partial charge in [0, 0.05) is 18.1 Å². The molecule has 1 amide bonds. The highest BCUT2D eigenvalue weighted by Crippen LogP contribution is 2.19. The lowest BCUT2D eigenvalue weighted by Crippen LogP contribution is -2.14. The van der Waals surface area contributed by atoms with Crippen molar-refractivity contribution in [2.24, 2.45) is 0 Å². The van der Waals surface area contributed by atoms with Gasteiger partial charge in [0.25, 0.3) is 0 Å². The summed E-state index contributed by atoms with van der Waals surface area (Å²) in [5.41, 5.74) is 1.28. The van der Waals surface area contributed by atoms with E-state index in [4.69, 9.17) is 11.6 Å². The van der Waals surface area contributed by atoms with E-state index in [-0.39, 0.29) is 17.4 Å². The van der Waals surface area contributed by atoms with Crippen LogP contribution in [0, 0.1) is 5.82 Å². The molecule has 2 rings (SSSR count). The van der Waals surface area contributed by atoms with Crippen molar-refractivity contribution in [1.82, 2.24) is 4.98 Å². The molecule has 5 heteroatoms. The molecule has 0 radical (unpaired) electrons. The van der Waals surface area contributed by atoms with E-state index in [0.717, 1.165) is 5.56 Å². The molecule has 0 spiro atoms. The second-order valence-corrected chi connectivity index (χ2v) is 4.12. The number of carbonyl (C=O) groups excluding carboxylic acids is 1. The molecular formula is C13H10ClFN2O. The van der Waals surface area contributed by atoms with Gasteiger partial charge in [-0.2, -0.15) is 0 Å². The van der Waals surface area contributed by atoms with Crippen molar-refractivity contribution in [3.63, 3.8) is 0 Å². The Labute approximate surface area is 109 Å². The topological polar surface area (TPSA) is 42.0 Å². The predicted octanol–water partition coefficient (Wildman–Crippen LogP) is 3.06. The van der Waals surface area contributed by atoms with Gasteiger partial charge in [0.15, 0.2) is 0 Å². The van der Waals surface area contributed by atoms with Gasteiger partial charge in [-0.25, -0.2) is 4.39 Å². The van der Waals surface area contributed by atoms with Gasteiger partial charge in [-0.1, -0.05) is 17.7 Å². The summed E-state index contributed by atoms with van der Waals surface area (Å²) in [4.78, 5) is 15.6. The van der Waals surface area contributed by atoms with E-state index in [9.17, 15) is 9.18 Å². The molecule has 0 aliphatic heterocycles. The number of hydrogen-bond acceptors (Lipinski definition) is 2. The molecule has 1 heterocycles. The molecule has 1 N–H and O–H groups in total. The summed E-state index contributed by atoms with van der Waals surface area (Å²) in [5.74, 6) is -0.715. The van der Waals surface area contributed by atoms with E-state index in [1.165, 1.54) is 18.2 Å². The monoisotopic (exact) mass is 264 g/mol. The fourth-order valence-corrected chi connectivity index (χ4v) is 1.65. The minimum absolute atomic E-state index is 0.0193. The van der Waals surface area contributed by atoms with Crippen LogP contribution < -0.4 is 5.32 Å². The minimum atomic E-state index is -0.512. The van der Waals surface area contributed by atoms with Crippen molar-refractivity contribution in [3.8, 4) is 0 Å². The Morgan fingerprint density at radius 3 is 2.89 bits per heavy atom. The molecule has 0 saturated carbocycles. The number of amides is 1. The normalized spacial score (nSPS) is 10.1. The van der Waals surface area contributed by atoms with Crippen LogP contribution in [0.3, 0.4) is 0 Å². The van der Waals surface area contributed by atoms with Gasteiger partial charge in [-0.15, -0.1) is 0 Å². The largest absolute Gasteiger partial charge is 0.326 e. The number of carbonyl (C=O) groups is 1. The van der Waals surface area contributed by atoms with E-state index in [0.29, 0.717) is 5.69 Å². The van der Waals surface area contributed by atoms with E-state index >= 15 is 0 Å². The van der Waals surface area contributed by atoms with Crippen molar-refractivity contribution in [3.05, 3.63) is 59.1 Å². The molecule has 1 aromatic carbocycles. The van der Waals surface area contributed by atoms with Gasteiger partial charge in [0.2, 0.25) is 5.91 Å². The lowest BCUT2D eigenvalue weighted by atomic mass is 10.2. The third-order valence-corrected chi connectivity index (χ3v) is 2.58. The Bertz CT molecular complexity index is 560. The Hall–Kier alpha value is -1.94. The van der Waals surface area contributed by atoms with Crippen LogP contribution in [-0.4, -0.2) is 10.9 Å². The molecular weight excluding hydrogens is 255 g/mol. The summed E-state index contributed by atoms with van der Waals surface area (Å²) < 4.78 is 12.9. The molecule has 18 heavy (non-hydrogen) atoms. The number of rotatable bonds is 3. The second kappa shape index (κ2) is 5.60. The van der Waals surface area contributed by atoms with E-state index in [1.807, 2.05) is 6.07 Å². The first-order chi connectivity index (χ1) is 8.65. The molecule has 0 bridgehead atoms. The first-order valence-corrected chi connectivity index (χ1v) is 5.67. The Morgan fingerprint density at radius 2 is 2.22 bits per heavy atom. The number of pyridine rings is 1. The van der Waals surface area contributed by atoms with Crippen molar-refractivity contribution >= 4 is 23.2 Å². The molecule has 92 valence electrons. The summed E-state index contributed by atoms with van der Waals surface area (Å²) in [6, 6.07) is 7.62. The molecule has 3 nitrogen and oxygen atoms in total. The number of nitrogens with zero attached hydrogens (tertiary/aromatic N) is 1. The lowest BCUT2D eigenvalue weighted by Gasteiger charge is -2.05. The zero-order valence-corrected chi connectivity index (χ0v) is 10.1. The Balaban J connectivity index is 2.01. The summed E-state index contributed by atoms with van der Waals surface area (Å²) >= 11 is 5.62. The van der Waals surface area contributed by atoms with Crippen LogP contribution in [0.25, 0.3) is 0 Å². The van der Waals surface area contributed by atoms with Crippen molar-refractivity contribution in [2.45, 2.75) is 6.42 Å². The Kier molecular flexibility index (Phi) is 3.89. The maximum atomic E-state index is 12.9. The maximum Gasteiger partial charge on any atom is 0.228 e. The first-order valence-electron chi connectivity index (χ1n) is 5.29. The van der Waals surface area contributed by atoms with Crippen LogP contribution >= 0.6 is 11.6 Å². The highest BCUT2D eigenvalue weighted by molar-refractivity contribution is 6.31. The van der Waals surface area contributed by atoms with Crippen LogP contribution in [0.15, 0.2) is 42.7 Å². The highest BCUT2D eigenvalue weighted by Gasteiger charge is 2.06. The Morgan fingerprint density at radius 1 is 1.39 bits per heavy atom. The number of aromatic nitrogens is 1. The van der Waals surface area contributed by atoms with Gasteiger partial charge in [-0.05, 0) is 29.8 Å². The lowest BCUT2D eigenvalue weighted by molar-refractivity contribution is -0.115. The van der Waals surface area contributed by atoms with Crippen molar-refractivity contribution in [2.75, 3.05) is 5.32 Å². The average Bonchev–Trinajstić information content (AvgIpc) is 2.35. The molecule has 0 aliphatic carbocycles. The van der Waals surface area contributed by atoms with Gasteiger partial charge in [0.1, 0.15) is 5.82 Å². The summed E-state index contributed by atoms with van der Waals surface area (Å²) in [7, 11) is 0. The minimum Gasteiger partial charge on any atom is -0.326 e. The van der Waals surface area contributed by atoms with Crippen molar-refractivity contribution in [1.29, 1.82) is 0 Å². The van der Waals surface area contributed by atoms with E-state index in [1.54, 1.807) is 18.5 Å². The fraction of sp³-hybridized carbons (Fsp3) is 0.0769. The van der Waals surface area contributed by atoms with Gasteiger partial charge < -0.3 is 5.32 Å².